The van der Waals surface area contributed by atoms with Gasteiger partial charge in [-0.15, -0.1) is 0 Å². The molecule has 2 aliphatic rings. The molecule has 0 aromatic carbocycles. The summed E-state index contributed by atoms with van der Waals surface area (Å²) in [5.41, 5.74) is 3.25. The van der Waals surface area contributed by atoms with Gasteiger partial charge in [0.1, 0.15) is 5.60 Å². The molecule has 0 N–H and O–H groups in total. The second kappa shape index (κ2) is 7.81. The normalized spacial score (nSPS) is 21.0. The molecule has 25 heavy (non-hydrogen) atoms. The number of esters is 1. The van der Waals surface area contributed by atoms with Crippen molar-refractivity contribution in [1.82, 2.24) is 4.90 Å². The van der Waals surface area contributed by atoms with Gasteiger partial charge in [-0.25, -0.2) is 0 Å². The number of carbonyl (C=O) groups excluding carboxylic acids is 2. The SMILES string of the molecule is CC1=C(SC(=O)N(C)C)CC2=C(C=C1)CCC(C(=O)OC(C)(C)C)C2. The summed E-state index contributed by atoms with van der Waals surface area (Å²) >= 11 is 1.29. The van der Waals surface area contributed by atoms with Crippen LogP contribution in [0.25, 0.3) is 0 Å². The van der Waals surface area contributed by atoms with Crippen LogP contribution in [0.4, 0.5) is 4.79 Å². The average molecular weight is 364 g/mol. The maximum atomic E-state index is 12.4. The van der Waals surface area contributed by atoms with Crippen molar-refractivity contribution < 1.29 is 14.3 Å². The largest absolute Gasteiger partial charge is 0.460 e. The molecule has 0 fully saturated rings. The van der Waals surface area contributed by atoms with Crippen LogP contribution in [0.3, 0.4) is 0 Å². The zero-order valence-corrected chi connectivity index (χ0v) is 17.0. The summed E-state index contributed by atoms with van der Waals surface area (Å²) in [5.74, 6) is -0.188. The summed E-state index contributed by atoms with van der Waals surface area (Å²) < 4.78 is 5.57. The molecule has 2 aliphatic carbocycles. The number of nitrogens with zero attached hydrogens (tertiary/aromatic N) is 1. The van der Waals surface area contributed by atoms with Crippen LogP contribution in [0.5, 0.6) is 0 Å². The molecule has 0 saturated carbocycles. The molecule has 1 amide bonds. The quantitative estimate of drug-likeness (QED) is 0.642. The molecule has 0 radical (unpaired) electrons. The van der Waals surface area contributed by atoms with Crippen molar-refractivity contribution in [2.45, 2.75) is 59.0 Å². The summed E-state index contributed by atoms with van der Waals surface area (Å²) in [6.07, 6.45) is 7.45. The molecule has 5 heteroatoms. The first-order valence-corrected chi connectivity index (χ1v) is 9.59. The summed E-state index contributed by atoms with van der Waals surface area (Å²) in [6.45, 7) is 7.76. The molecule has 4 nitrogen and oxygen atoms in total. The van der Waals surface area contributed by atoms with E-state index in [1.54, 1.807) is 19.0 Å². The van der Waals surface area contributed by atoms with Gasteiger partial charge in [0.15, 0.2) is 0 Å². The van der Waals surface area contributed by atoms with Crippen LogP contribution in [0.1, 0.15) is 53.4 Å². The number of ether oxygens (including phenoxy) is 1. The Bertz CT molecular complexity index is 650. The minimum absolute atomic E-state index is 0.0336. The summed E-state index contributed by atoms with van der Waals surface area (Å²) in [6, 6.07) is 0. The van der Waals surface area contributed by atoms with Crippen molar-refractivity contribution in [1.29, 1.82) is 0 Å². The molecule has 1 unspecified atom stereocenters. The van der Waals surface area contributed by atoms with Crippen molar-refractivity contribution in [2.24, 2.45) is 5.92 Å². The van der Waals surface area contributed by atoms with Gasteiger partial charge in [-0.1, -0.05) is 17.7 Å². The Balaban J connectivity index is 2.13. The maximum Gasteiger partial charge on any atom is 0.309 e. The van der Waals surface area contributed by atoms with Crippen LogP contribution in [-0.4, -0.2) is 35.8 Å². The smallest absolute Gasteiger partial charge is 0.309 e. The minimum atomic E-state index is -0.454. The number of hydrogen-bond donors (Lipinski definition) is 0. The number of hydrogen-bond acceptors (Lipinski definition) is 4. The average Bonchev–Trinajstić information content (AvgIpc) is 2.64. The Morgan fingerprint density at radius 2 is 1.92 bits per heavy atom. The van der Waals surface area contributed by atoms with Gasteiger partial charge in [0.05, 0.1) is 5.92 Å². The van der Waals surface area contributed by atoms with Crippen LogP contribution in [-0.2, 0) is 9.53 Å². The van der Waals surface area contributed by atoms with Crippen molar-refractivity contribution in [3.05, 3.63) is 33.8 Å². The third kappa shape index (κ3) is 5.50. The monoisotopic (exact) mass is 363 g/mol. The van der Waals surface area contributed by atoms with Gasteiger partial charge in [0.2, 0.25) is 0 Å². The van der Waals surface area contributed by atoms with E-state index in [9.17, 15) is 9.59 Å². The van der Waals surface area contributed by atoms with Crippen LogP contribution >= 0.6 is 11.8 Å². The third-order valence-electron chi connectivity index (χ3n) is 4.37. The molecule has 0 aromatic rings. The standard InChI is InChI=1S/C20H29NO3S/c1-13-7-8-14-9-10-15(18(22)24-20(2,3)4)11-16(14)12-17(13)25-19(23)21(5)6/h7-8,15H,9-12H2,1-6H3. The van der Waals surface area contributed by atoms with Gasteiger partial charge in [-0.2, -0.15) is 0 Å². The van der Waals surface area contributed by atoms with Crippen LogP contribution in [0, 0.1) is 5.92 Å². The van der Waals surface area contributed by atoms with Gasteiger partial charge in [0, 0.05) is 25.4 Å². The number of carbonyl (C=O) groups is 2. The predicted molar refractivity (Wildman–Crippen MR) is 103 cm³/mol. The van der Waals surface area contributed by atoms with Gasteiger partial charge in [-0.3, -0.25) is 9.59 Å². The summed E-state index contributed by atoms with van der Waals surface area (Å²) in [4.78, 5) is 27.2. The highest BCUT2D eigenvalue weighted by Crippen LogP contribution is 2.40. The zero-order chi connectivity index (χ0) is 18.8. The second-order valence-electron chi connectivity index (χ2n) is 7.98. The van der Waals surface area contributed by atoms with Gasteiger partial charge in [-0.05, 0) is 69.9 Å². The molecule has 1 atom stereocenters. The first-order valence-electron chi connectivity index (χ1n) is 8.77. The molecule has 2 rings (SSSR count). The fourth-order valence-electron chi connectivity index (χ4n) is 2.98. The molecule has 0 heterocycles. The molecule has 0 bridgehead atoms. The van der Waals surface area contributed by atoms with E-state index in [2.05, 4.69) is 12.2 Å². The predicted octanol–water partition coefficient (Wildman–Crippen LogP) is 5.07. The Morgan fingerprint density at radius 3 is 2.52 bits per heavy atom. The lowest BCUT2D eigenvalue weighted by Crippen LogP contribution is -2.30. The van der Waals surface area contributed by atoms with Crippen LogP contribution in [0.15, 0.2) is 33.8 Å². The van der Waals surface area contributed by atoms with Crippen LogP contribution < -0.4 is 0 Å². The third-order valence-corrected chi connectivity index (χ3v) is 5.63. The maximum absolute atomic E-state index is 12.4. The Hall–Kier alpha value is -1.49. The molecular formula is C20H29NO3S. The first-order chi connectivity index (χ1) is 11.6. The van der Waals surface area contributed by atoms with E-state index < -0.39 is 5.60 Å². The molecular weight excluding hydrogens is 334 g/mol. The van der Waals surface area contributed by atoms with Gasteiger partial charge < -0.3 is 9.64 Å². The lowest BCUT2D eigenvalue weighted by atomic mass is 9.82. The number of rotatable bonds is 2. The Morgan fingerprint density at radius 1 is 1.24 bits per heavy atom. The van der Waals surface area contributed by atoms with Gasteiger partial charge in [0.25, 0.3) is 5.24 Å². The second-order valence-corrected chi connectivity index (χ2v) is 9.03. The zero-order valence-electron chi connectivity index (χ0n) is 16.1. The van der Waals surface area contributed by atoms with Crippen molar-refractivity contribution >= 4 is 23.0 Å². The van der Waals surface area contributed by atoms with Crippen molar-refractivity contribution in [3.63, 3.8) is 0 Å². The van der Waals surface area contributed by atoms with Crippen molar-refractivity contribution in [3.8, 4) is 0 Å². The van der Waals surface area contributed by atoms with E-state index in [1.807, 2.05) is 27.7 Å². The number of allylic oxidation sites excluding steroid dienone is 6. The number of amides is 1. The minimum Gasteiger partial charge on any atom is -0.460 e. The highest BCUT2D eigenvalue weighted by atomic mass is 32.2. The Labute approximate surface area is 155 Å². The van der Waals surface area contributed by atoms with E-state index in [0.717, 1.165) is 36.2 Å². The molecule has 138 valence electrons. The van der Waals surface area contributed by atoms with E-state index in [4.69, 9.17) is 4.74 Å². The van der Waals surface area contributed by atoms with E-state index in [0.29, 0.717) is 0 Å². The van der Waals surface area contributed by atoms with E-state index in [-0.39, 0.29) is 17.1 Å². The van der Waals surface area contributed by atoms with E-state index >= 15 is 0 Å². The fourth-order valence-corrected chi connectivity index (χ4v) is 3.84. The molecule has 0 aliphatic heterocycles. The summed E-state index contributed by atoms with van der Waals surface area (Å²) in [5, 5.41) is 0.0336. The number of thioether (sulfide) groups is 1. The molecule has 0 saturated heterocycles. The topological polar surface area (TPSA) is 46.6 Å². The van der Waals surface area contributed by atoms with Crippen molar-refractivity contribution in [2.75, 3.05) is 14.1 Å². The lowest BCUT2D eigenvalue weighted by Gasteiger charge is -2.28. The van der Waals surface area contributed by atoms with Crippen LogP contribution in [0.2, 0.25) is 0 Å². The molecule has 0 spiro atoms. The first kappa shape index (κ1) is 19.8. The Kier molecular flexibility index (Phi) is 6.20. The highest BCUT2D eigenvalue weighted by molar-refractivity contribution is 8.16. The highest BCUT2D eigenvalue weighted by Gasteiger charge is 2.30. The lowest BCUT2D eigenvalue weighted by molar-refractivity contribution is -0.160. The fraction of sp³-hybridized carbons (Fsp3) is 0.600. The summed E-state index contributed by atoms with van der Waals surface area (Å²) in [7, 11) is 3.53. The molecule has 0 aromatic heterocycles. The van der Waals surface area contributed by atoms with Gasteiger partial charge >= 0.3 is 5.97 Å². The van der Waals surface area contributed by atoms with E-state index in [1.165, 1.54) is 22.9 Å².